The third-order valence-corrected chi connectivity index (χ3v) is 6.28. The van der Waals surface area contributed by atoms with Crippen molar-refractivity contribution in [2.45, 2.75) is 50.8 Å². The van der Waals surface area contributed by atoms with Gasteiger partial charge in [-0.2, -0.15) is 5.10 Å². The molecule has 162 valence electrons. The third kappa shape index (κ3) is 6.01. The van der Waals surface area contributed by atoms with Crippen molar-refractivity contribution in [2.24, 2.45) is 0 Å². The van der Waals surface area contributed by atoms with Gasteiger partial charge in [-0.05, 0) is 51.0 Å². The highest BCUT2D eigenvalue weighted by Crippen LogP contribution is 2.42. The molecule has 0 aliphatic carbocycles. The van der Waals surface area contributed by atoms with Crippen molar-refractivity contribution in [3.63, 3.8) is 0 Å². The number of carbonyl (C=O) groups is 2. The van der Waals surface area contributed by atoms with Gasteiger partial charge in [0, 0.05) is 35.7 Å². The Labute approximate surface area is 189 Å². The predicted molar refractivity (Wildman–Crippen MR) is 121 cm³/mol. The van der Waals surface area contributed by atoms with E-state index in [-0.39, 0.29) is 11.3 Å². The molecule has 0 spiro atoms. The van der Waals surface area contributed by atoms with E-state index >= 15 is 0 Å². The van der Waals surface area contributed by atoms with Gasteiger partial charge in [-0.1, -0.05) is 28.1 Å². The van der Waals surface area contributed by atoms with Crippen molar-refractivity contribution in [1.82, 2.24) is 20.0 Å². The molecule has 1 aliphatic heterocycles. The van der Waals surface area contributed by atoms with Crippen molar-refractivity contribution in [1.29, 1.82) is 0 Å². The lowest BCUT2D eigenvalue weighted by Crippen LogP contribution is -2.49. The minimum Gasteiger partial charge on any atom is -0.444 e. The predicted octanol–water partition coefficient (Wildman–Crippen LogP) is 4.20. The van der Waals surface area contributed by atoms with E-state index in [1.54, 1.807) is 22.9 Å². The van der Waals surface area contributed by atoms with Crippen molar-refractivity contribution >= 4 is 39.7 Å². The number of hydrogen-bond acceptors (Lipinski definition) is 5. The molecule has 0 radical (unpaired) electrons. The molecule has 1 fully saturated rings. The number of ether oxygens (including phenoxy) is 1. The van der Waals surface area contributed by atoms with Crippen LogP contribution >= 0.6 is 27.7 Å². The van der Waals surface area contributed by atoms with E-state index < -0.39 is 17.7 Å². The van der Waals surface area contributed by atoms with Crippen LogP contribution in [0, 0.1) is 0 Å². The van der Waals surface area contributed by atoms with Crippen molar-refractivity contribution in [3.05, 3.63) is 52.8 Å². The normalized spacial score (nSPS) is 19.0. The average Bonchev–Trinajstić information content (AvgIpc) is 3.33. The maximum Gasteiger partial charge on any atom is 0.412 e. The molecular weight excluding hydrogens is 468 g/mol. The Hall–Kier alpha value is -2.00. The largest absolute Gasteiger partial charge is 0.444 e. The number of hydrogen-bond donors (Lipinski definition) is 1. The number of aromatic nitrogens is 2. The fraction of sp³-hybridized carbons (Fsp3) is 0.476. The maximum atomic E-state index is 13.0. The highest BCUT2D eigenvalue weighted by molar-refractivity contribution is 9.10. The van der Waals surface area contributed by atoms with Crippen LogP contribution in [0.2, 0.25) is 0 Å². The molecule has 2 amide bonds. The summed E-state index contributed by atoms with van der Waals surface area (Å²) >= 11 is 5.06. The molecule has 1 saturated heterocycles. The van der Waals surface area contributed by atoms with Gasteiger partial charge in [0.2, 0.25) is 5.91 Å². The smallest absolute Gasteiger partial charge is 0.412 e. The zero-order valence-electron chi connectivity index (χ0n) is 17.4. The fourth-order valence-corrected chi connectivity index (χ4v) is 4.99. The molecule has 0 saturated carbocycles. The van der Waals surface area contributed by atoms with Crippen LogP contribution in [-0.2, 0) is 16.1 Å². The first kappa shape index (κ1) is 22.7. The lowest BCUT2D eigenvalue weighted by atomic mass is 10.1. The average molecular weight is 495 g/mol. The number of aryl methyl sites for hydroxylation is 1. The molecular formula is C21H27BrN4O3S. The number of nitrogens with zero attached hydrogens (tertiary/aromatic N) is 3. The molecule has 1 aromatic heterocycles. The van der Waals surface area contributed by atoms with E-state index in [9.17, 15) is 9.59 Å². The molecule has 1 N–H and O–H groups in total. The fourth-order valence-electron chi connectivity index (χ4n) is 3.17. The summed E-state index contributed by atoms with van der Waals surface area (Å²) in [6.07, 6.45) is 3.90. The molecule has 1 aromatic carbocycles. The molecule has 3 rings (SSSR count). The Morgan fingerprint density at radius 1 is 1.33 bits per heavy atom. The van der Waals surface area contributed by atoms with Crippen LogP contribution in [0.25, 0.3) is 0 Å². The third-order valence-electron chi connectivity index (χ3n) is 4.46. The van der Waals surface area contributed by atoms with Gasteiger partial charge in [0.15, 0.2) is 0 Å². The second-order valence-electron chi connectivity index (χ2n) is 8.06. The quantitative estimate of drug-likeness (QED) is 0.608. The minimum atomic E-state index is -0.642. The van der Waals surface area contributed by atoms with Crippen LogP contribution in [0.15, 0.2) is 47.2 Å². The van der Waals surface area contributed by atoms with E-state index in [0.717, 1.165) is 23.0 Å². The number of rotatable bonds is 6. The standard InChI is InChI=1S/C21H27BrN4O3S/c1-21(2,3)29-20(28)26-17(14-30-19(26)15-7-4-8-16(22)13-15)18(27)23-9-5-11-25-12-6-10-24-25/h4,6-8,10,12-13,17,19H,5,9,11,14H2,1-3H3,(H,23,27). The van der Waals surface area contributed by atoms with Gasteiger partial charge in [0.05, 0.1) is 0 Å². The molecule has 7 nitrogen and oxygen atoms in total. The number of thioether (sulfide) groups is 1. The Kier molecular flexibility index (Phi) is 7.46. The Balaban J connectivity index is 1.69. The number of benzene rings is 1. The van der Waals surface area contributed by atoms with Crippen LogP contribution < -0.4 is 5.32 Å². The van der Waals surface area contributed by atoms with Gasteiger partial charge >= 0.3 is 6.09 Å². The highest BCUT2D eigenvalue weighted by Gasteiger charge is 2.44. The van der Waals surface area contributed by atoms with Crippen molar-refractivity contribution in [3.8, 4) is 0 Å². The summed E-state index contributed by atoms with van der Waals surface area (Å²) in [5.41, 5.74) is 0.311. The lowest BCUT2D eigenvalue weighted by molar-refractivity contribution is -0.125. The first-order chi connectivity index (χ1) is 14.2. The summed E-state index contributed by atoms with van der Waals surface area (Å²) in [6.45, 7) is 6.72. The highest BCUT2D eigenvalue weighted by atomic mass is 79.9. The van der Waals surface area contributed by atoms with E-state index in [1.165, 1.54) is 0 Å². The van der Waals surface area contributed by atoms with E-state index in [0.29, 0.717) is 12.3 Å². The summed E-state index contributed by atoms with van der Waals surface area (Å²) < 4.78 is 8.38. The second kappa shape index (κ2) is 9.87. The van der Waals surface area contributed by atoms with Crippen LogP contribution in [-0.4, -0.2) is 50.6 Å². The van der Waals surface area contributed by atoms with Gasteiger partial charge in [-0.25, -0.2) is 4.79 Å². The van der Waals surface area contributed by atoms with Crippen LogP contribution in [0.3, 0.4) is 0 Å². The Bertz CT molecular complexity index is 869. The monoisotopic (exact) mass is 494 g/mol. The first-order valence-electron chi connectivity index (χ1n) is 9.88. The summed E-state index contributed by atoms with van der Waals surface area (Å²) in [4.78, 5) is 27.5. The Morgan fingerprint density at radius 3 is 2.80 bits per heavy atom. The first-order valence-corrected chi connectivity index (χ1v) is 11.7. The van der Waals surface area contributed by atoms with Crippen molar-refractivity contribution < 1.29 is 14.3 Å². The van der Waals surface area contributed by atoms with E-state index in [4.69, 9.17) is 4.74 Å². The van der Waals surface area contributed by atoms with Crippen LogP contribution in [0.4, 0.5) is 4.79 Å². The summed E-state index contributed by atoms with van der Waals surface area (Å²) in [7, 11) is 0. The van der Waals surface area contributed by atoms with Gasteiger partial charge in [-0.15, -0.1) is 11.8 Å². The molecule has 2 unspecified atom stereocenters. The Morgan fingerprint density at radius 2 is 2.13 bits per heavy atom. The molecule has 1 aliphatic rings. The number of nitrogens with one attached hydrogen (secondary N) is 1. The topological polar surface area (TPSA) is 76.5 Å². The number of halogens is 1. The van der Waals surface area contributed by atoms with Gasteiger partial charge in [-0.3, -0.25) is 14.4 Å². The number of amides is 2. The zero-order valence-corrected chi connectivity index (χ0v) is 19.8. The van der Waals surface area contributed by atoms with E-state index in [1.807, 2.05) is 62.0 Å². The van der Waals surface area contributed by atoms with Crippen LogP contribution in [0.5, 0.6) is 0 Å². The minimum absolute atomic E-state index is 0.161. The summed E-state index contributed by atoms with van der Waals surface area (Å²) in [5, 5.41) is 6.84. The van der Waals surface area contributed by atoms with Gasteiger partial charge < -0.3 is 10.1 Å². The molecule has 2 heterocycles. The maximum absolute atomic E-state index is 13.0. The van der Waals surface area contributed by atoms with Gasteiger partial charge in [0.25, 0.3) is 0 Å². The van der Waals surface area contributed by atoms with Crippen LogP contribution in [0.1, 0.15) is 38.1 Å². The van der Waals surface area contributed by atoms with Crippen molar-refractivity contribution in [2.75, 3.05) is 12.3 Å². The number of carbonyl (C=O) groups excluding carboxylic acids is 2. The zero-order chi connectivity index (χ0) is 21.7. The molecule has 0 bridgehead atoms. The SMILES string of the molecule is CC(C)(C)OC(=O)N1C(C(=O)NCCCn2cccn2)CSC1c1cccc(Br)c1. The lowest BCUT2D eigenvalue weighted by Gasteiger charge is -2.31. The van der Waals surface area contributed by atoms with E-state index in [2.05, 4.69) is 26.3 Å². The molecule has 9 heteroatoms. The second-order valence-corrected chi connectivity index (χ2v) is 10.1. The summed E-state index contributed by atoms with van der Waals surface area (Å²) in [6, 6.07) is 9.08. The summed E-state index contributed by atoms with van der Waals surface area (Å²) in [5.74, 6) is 0.354. The molecule has 2 aromatic rings. The van der Waals surface area contributed by atoms with Gasteiger partial charge in [0.1, 0.15) is 17.0 Å². The molecule has 2 atom stereocenters. The molecule has 30 heavy (non-hydrogen) atoms.